The lowest BCUT2D eigenvalue weighted by Gasteiger charge is -2.32. The fraction of sp³-hybridized carbons (Fsp3) is 0.750. The van der Waals surface area contributed by atoms with E-state index in [9.17, 15) is 0 Å². The molecule has 1 aromatic rings. The molecule has 2 saturated heterocycles. The van der Waals surface area contributed by atoms with Gasteiger partial charge in [-0.15, -0.1) is 0 Å². The quantitative estimate of drug-likeness (QED) is 0.832. The van der Waals surface area contributed by atoms with Gasteiger partial charge in [0, 0.05) is 39.3 Å². The first kappa shape index (κ1) is 14.7. The van der Waals surface area contributed by atoms with Crippen LogP contribution in [0.1, 0.15) is 0 Å². The summed E-state index contributed by atoms with van der Waals surface area (Å²) in [6.07, 6.45) is 0. The van der Waals surface area contributed by atoms with Crippen LogP contribution in [-0.2, 0) is 4.74 Å². The van der Waals surface area contributed by atoms with Crippen molar-refractivity contribution in [3.63, 3.8) is 0 Å². The Bertz CT molecular complexity index is 475. The van der Waals surface area contributed by atoms with Gasteiger partial charge < -0.3 is 14.5 Å². The molecule has 0 radical (unpaired) electrons. The molecule has 9 heteroatoms. The molecule has 21 heavy (non-hydrogen) atoms. The van der Waals surface area contributed by atoms with Crippen molar-refractivity contribution < 1.29 is 4.74 Å². The van der Waals surface area contributed by atoms with Crippen molar-refractivity contribution in [2.45, 2.75) is 0 Å². The number of halogens is 1. The molecule has 0 unspecified atom stereocenters. The molecule has 0 aliphatic carbocycles. The van der Waals surface area contributed by atoms with Gasteiger partial charge in [0.1, 0.15) is 0 Å². The average molecular weight is 314 g/mol. The van der Waals surface area contributed by atoms with E-state index in [0.717, 1.165) is 39.3 Å². The normalized spacial score (nSPS) is 21.5. The first-order valence-electron chi connectivity index (χ1n) is 7.15. The number of likely N-dealkylation sites (N-methyl/N-ethyl adjacent to an activating group) is 1. The SMILES string of the molecule is CN1CCN(Nc2nc(Cl)nc(N3CCOCC3)n2)CC1. The second-order valence-corrected chi connectivity index (χ2v) is 5.57. The number of piperazine rings is 1. The summed E-state index contributed by atoms with van der Waals surface area (Å²) in [4.78, 5) is 17.2. The second kappa shape index (κ2) is 6.69. The molecule has 0 aromatic carbocycles. The Morgan fingerprint density at radius 2 is 1.71 bits per heavy atom. The van der Waals surface area contributed by atoms with Gasteiger partial charge in [0.05, 0.1) is 13.2 Å². The van der Waals surface area contributed by atoms with Crippen LogP contribution in [0.15, 0.2) is 0 Å². The van der Waals surface area contributed by atoms with Gasteiger partial charge in [-0.05, 0) is 18.6 Å². The number of rotatable bonds is 3. The summed E-state index contributed by atoms with van der Waals surface area (Å²) < 4.78 is 5.34. The summed E-state index contributed by atoms with van der Waals surface area (Å²) in [5, 5.41) is 2.32. The van der Waals surface area contributed by atoms with Gasteiger partial charge in [0.15, 0.2) is 0 Å². The molecule has 3 rings (SSSR count). The minimum atomic E-state index is 0.211. The fourth-order valence-electron chi connectivity index (χ4n) is 2.35. The van der Waals surface area contributed by atoms with Crippen LogP contribution in [0.4, 0.5) is 11.9 Å². The van der Waals surface area contributed by atoms with Crippen LogP contribution in [0.3, 0.4) is 0 Å². The van der Waals surface area contributed by atoms with Gasteiger partial charge in [-0.25, -0.2) is 5.01 Å². The first-order valence-corrected chi connectivity index (χ1v) is 7.53. The molecule has 2 aliphatic rings. The standard InChI is InChI=1S/C12H20ClN7O/c1-18-2-4-20(5-3-18)17-11-14-10(13)15-12(16-11)19-6-8-21-9-7-19/h2-9H2,1H3,(H,14,15,16,17). The highest BCUT2D eigenvalue weighted by atomic mass is 35.5. The van der Waals surface area contributed by atoms with Crippen molar-refractivity contribution in [1.29, 1.82) is 0 Å². The summed E-state index contributed by atoms with van der Waals surface area (Å²) in [6, 6.07) is 0. The van der Waals surface area contributed by atoms with Crippen LogP contribution >= 0.6 is 11.6 Å². The second-order valence-electron chi connectivity index (χ2n) is 5.23. The van der Waals surface area contributed by atoms with Crippen molar-refractivity contribution >= 4 is 23.5 Å². The van der Waals surface area contributed by atoms with Gasteiger partial charge in [0.2, 0.25) is 17.2 Å². The first-order chi connectivity index (χ1) is 10.2. The molecule has 0 saturated carbocycles. The number of nitrogens with zero attached hydrogens (tertiary/aromatic N) is 6. The van der Waals surface area contributed by atoms with E-state index in [0.29, 0.717) is 25.1 Å². The van der Waals surface area contributed by atoms with Gasteiger partial charge in [-0.2, -0.15) is 15.0 Å². The van der Waals surface area contributed by atoms with E-state index in [1.54, 1.807) is 0 Å². The molecule has 1 aromatic heterocycles. The van der Waals surface area contributed by atoms with E-state index >= 15 is 0 Å². The van der Waals surface area contributed by atoms with Crippen LogP contribution < -0.4 is 10.3 Å². The van der Waals surface area contributed by atoms with Crippen molar-refractivity contribution in [3.05, 3.63) is 5.28 Å². The minimum Gasteiger partial charge on any atom is -0.378 e. The summed E-state index contributed by atoms with van der Waals surface area (Å²) in [5.74, 6) is 1.11. The number of hydrogen-bond donors (Lipinski definition) is 1. The Hall–Kier alpha value is -1.22. The Balaban J connectivity index is 1.68. The van der Waals surface area contributed by atoms with E-state index in [1.165, 1.54) is 0 Å². The van der Waals surface area contributed by atoms with E-state index < -0.39 is 0 Å². The molecule has 8 nitrogen and oxygen atoms in total. The third kappa shape index (κ3) is 3.91. The van der Waals surface area contributed by atoms with Gasteiger partial charge >= 0.3 is 0 Å². The van der Waals surface area contributed by atoms with E-state index in [2.05, 4.69) is 42.2 Å². The zero-order valence-electron chi connectivity index (χ0n) is 12.1. The number of hydrogen-bond acceptors (Lipinski definition) is 8. The number of anilines is 2. The molecule has 2 fully saturated rings. The maximum Gasteiger partial charge on any atom is 0.243 e. The Labute approximate surface area is 129 Å². The predicted molar refractivity (Wildman–Crippen MR) is 80.6 cm³/mol. The average Bonchev–Trinajstić information content (AvgIpc) is 2.50. The van der Waals surface area contributed by atoms with Crippen molar-refractivity contribution in [3.8, 4) is 0 Å². The third-order valence-corrected chi connectivity index (χ3v) is 3.82. The zero-order valence-corrected chi connectivity index (χ0v) is 12.9. The molecule has 3 heterocycles. The van der Waals surface area contributed by atoms with Crippen molar-refractivity contribution in [2.24, 2.45) is 0 Å². The van der Waals surface area contributed by atoms with Crippen LogP contribution in [-0.4, -0.2) is 84.4 Å². The molecule has 116 valence electrons. The largest absolute Gasteiger partial charge is 0.378 e. The number of hydrazine groups is 1. The Morgan fingerprint density at radius 3 is 2.43 bits per heavy atom. The molecule has 2 aliphatic heterocycles. The number of nitrogens with one attached hydrogen (secondary N) is 1. The molecular weight excluding hydrogens is 294 g/mol. The van der Waals surface area contributed by atoms with Gasteiger partial charge in [-0.1, -0.05) is 0 Å². The number of morpholine rings is 1. The highest BCUT2D eigenvalue weighted by molar-refractivity contribution is 6.28. The van der Waals surface area contributed by atoms with E-state index in [4.69, 9.17) is 16.3 Å². The van der Waals surface area contributed by atoms with Crippen LogP contribution in [0.5, 0.6) is 0 Å². The summed E-state index contributed by atoms with van der Waals surface area (Å²) in [6.45, 7) is 6.79. The Morgan fingerprint density at radius 1 is 1.00 bits per heavy atom. The van der Waals surface area contributed by atoms with Gasteiger partial charge in [-0.3, -0.25) is 5.43 Å². The lowest BCUT2D eigenvalue weighted by atomic mass is 10.4. The highest BCUT2D eigenvalue weighted by Crippen LogP contribution is 2.15. The molecular formula is C12H20ClN7O. The van der Waals surface area contributed by atoms with Gasteiger partial charge in [0.25, 0.3) is 0 Å². The molecule has 0 amide bonds. The maximum absolute atomic E-state index is 6.02. The van der Waals surface area contributed by atoms with Crippen molar-refractivity contribution in [2.75, 3.05) is 69.9 Å². The highest BCUT2D eigenvalue weighted by Gasteiger charge is 2.18. The fourth-order valence-corrected chi connectivity index (χ4v) is 2.51. The summed E-state index contributed by atoms with van der Waals surface area (Å²) >= 11 is 6.02. The number of ether oxygens (including phenoxy) is 1. The Kier molecular flexibility index (Phi) is 4.69. The number of aromatic nitrogens is 3. The smallest absolute Gasteiger partial charge is 0.243 e. The summed E-state index contributed by atoms with van der Waals surface area (Å²) in [5.41, 5.74) is 3.22. The minimum absolute atomic E-state index is 0.211. The monoisotopic (exact) mass is 313 g/mol. The van der Waals surface area contributed by atoms with Crippen LogP contribution in [0.25, 0.3) is 0 Å². The van der Waals surface area contributed by atoms with E-state index in [1.807, 2.05) is 0 Å². The third-order valence-electron chi connectivity index (χ3n) is 3.65. The lowest BCUT2D eigenvalue weighted by Crippen LogP contribution is -2.47. The predicted octanol–water partition coefficient (Wildman–Crippen LogP) is -0.0641. The maximum atomic E-state index is 6.02. The topological polar surface area (TPSA) is 69.7 Å². The van der Waals surface area contributed by atoms with E-state index in [-0.39, 0.29) is 5.28 Å². The molecule has 1 N–H and O–H groups in total. The zero-order chi connectivity index (χ0) is 14.7. The molecule has 0 atom stereocenters. The molecule has 0 spiro atoms. The molecule has 0 bridgehead atoms. The van der Waals surface area contributed by atoms with Crippen LogP contribution in [0, 0.1) is 0 Å². The van der Waals surface area contributed by atoms with Crippen LogP contribution in [0.2, 0.25) is 5.28 Å². The van der Waals surface area contributed by atoms with Crippen molar-refractivity contribution in [1.82, 2.24) is 24.9 Å². The summed E-state index contributed by atoms with van der Waals surface area (Å²) in [7, 11) is 2.12. The lowest BCUT2D eigenvalue weighted by molar-refractivity contribution is 0.122.